The molecule has 0 saturated carbocycles. The van der Waals surface area contributed by atoms with Crippen molar-refractivity contribution < 1.29 is 14.3 Å². The number of carbonyl (C=O) groups excluding carboxylic acids is 2. The normalized spacial score (nSPS) is 24.0. The maximum absolute atomic E-state index is 12.3. The second-order valence-corrected chi connectivity index (χ2v) is 6.04. The number of anilines is 1. The highest BCUT2D eigenvalue weighted by Crippen LogP contribution is 2.18. The van der Waals surface area contributed by atoms with Crippen LogP contribution in [0.4, 0.5) is 5.82 Å². The van der Waals surface area contributed by atoms with Crippen molar-refractivity contribution in [2.24, 2.45) is 0 Å². The van der Waals surface area contributed by atoms with Gasteiger partial charge in [0.25, 0.3) is 0 Å². The minimum atomic E-state index is -0.401. The van der Waals surface area contributed by atoms with Crippen molar-refractivity contribution in [3.8, 4) is 0 Å². The van der Waals surface area contributed by atoms with Gasteiger partial charge < -0.3 is 15.0 Å². The summed E-state index contributed by atoms with van der Waals surface area (Å²) in [6.07, 6.45) is 2.22. The highest BCUT2D eigenvalue weighted by Gasteiger charge is 2.31. The zero-order chi connectivity index (χ0) is 16.9. The van der Waals surface area contributed by atoms with E-state index >= 15 is 0 Å². The highest BCUT2D eigenvalue weighted by molar-refractivity contribution is 5.86. The Bertz CT molecular complexity index is 603. The number of amides is 1. The molecule has 2 fully saturated rings. The summed E-state index contributed by atoms with van der Waals surface area (Å²) in [6, 6.07) is 3.13. The van der Waals surface area contributed by atoms with Crippen molar-refractivity contribution in [1.82, 2.24) is 21.2 Å². The van der Waals surface area contributed by atoms with Crippen LogP contribution in [-0.2, 0) is 20.9 Å². The molecule has 1 aromatic rings. The van der Waals surface area contributed by atoms with Crippen molar-refractivity contribution in [2.45, 2.75) is 32.0 Å². The number of Topliss-reactive ketones (excluding diaryl/α,β-unsaturated/α-hetero) is 1. The molecule has 0 aliphatic carbocycles. The smallest absolute Gasteiger partial charge is 0.238 e. The van der Waals surface area contributed by atoms with Gasteiger partial charge in [-0.15, -0.1) is 0 Å². The Labute approximate surface area is 140 Å². The van der Waals surface area contributed by atoms with Gasteiger partial charge in [-0.05, 0) is 19.4 Å². The minimum absolute atomic E-state index is 0.0275. The van der Waals surface area contributed by atoms with E-state index in [1.165, 1.54) is 6.92 Å². The minimum Gasteiger partial charge on any atom is -0.378 e. The lowest BCUT2D eigenvalue weighted by atomic mass is 10.1. The van der Waals surface area contributed by atoms with Crippen molar-refractivity contribution in [3.05, 3.63) is 23.9 Å². The van der Waals surface area contributed by atoms with Gasteiger partial charge in [0, 0.05) is 31.4 Å². The lowest BCUT2D eigenvalue weighted by molar-refractivity contribution is -0.123. The molecule has 8 nitrogen and oxygen atoms in total. The molecule has 0 spiro atoms. The molecule has 130 valence electrons. The van der Waals surface area contributed by atoms with Gasteiger partial charge in [0.2, 0.25) is 5.91 Å². The predicted molar refractivity (Wildman–Crippen MR) is 88.3 cm³/mol. The zero-order valence-electron chi connectivity index (χ0n) is 13.7. The van der Waals surface area contributed by atoms with Gasteiger partial charge in [0.15, 0.2) is 0 Å². The van der Waals surface area contributed by atoms with Crippen LogP contribution in [0.3, 0.4) is 0 Å². The van der Waals surface area contributed by atoms with Crippen molar-refractivity contribution in [1.29, 1.82) is 0 Å². The third-order valence-corrected chi connectivity index (χ3v) is 4.34. The predicted octanol–water partition coefficient (Wildman–Crippen LogP) is -0.641. The van der Waals surface area contributed by atoms with Crippen molar-refractivity contribution >= 4 is 17.5 Å². The molecule has 24 heavy (non-hydrogen) atoms. The van der Waals surface area contributed by atoms with E-state index in [0.29, 0.717) is 26.2 Å². The maximum Gasteiger partial charge on any atom is 0.238 e. The first-order valence-electron chi connectivity index (χ1n) is 8.21. The second-order valence-electron chi connectivity index (χ2n) is 6.04. The number of nitrogens with zero attached hydrogens (tertiary/aromatic N) is 2. The number of hydrogen-bond acceptors (Lipinski definition) is 7. The summed E-state index contributed by atoms with van der Waals surface area (Å²) in [6.45, 7) is 4.89. The highest BCUT2D eigenvalue weighted by atomic mass is 16.5. The van der Waals surface area contributed by atoms with Gasteiger partial charge in [0.05, 0.1) is 19.3 Å². The Morgan fingerprint density at radius 3 is 2.79 bits per heavy atom. The van der Waals surface area contributed by atoms with Crippen LogP contribution in [0.5, 0.6) is 0 Å². The third-order valence-electron chi connectivity index (χ3n) is 4.34. The first-order chi connectivity index (χ1) is 11.6. The number of nitrogens with one attached hydrogen (secondary N) is 3. The molecule has 1 amide bonds. The van der Waals surface area contributed by atoms with Gasteiger partial charge in [-0.1, -0.05) is 6.07 Å². The van der Waals surface area contributed by atoms with Gasteiger partial charge in [-0.25, -0.2) is 15.8 Å². The molecule has 3 heterocycles. The van der Waals surface area contributed by atoms with Gasteiger partial charge >= 0.3 is 0 Å². The summed E-state index contributed by atoms with van der Waals surface area (Å²) >= 11 is 0. The van der Waals surface area contributed by atoms with E-state index in [2.05, 4.69) is 26.1 Å². The largest absolute Gasteiger partial charge is 0.378 e. The fraction of sp³-hybridized carbons (Fsp3) is 0.562. The number of pyridine rings is 1. The van der Waals surface area contributed by atoms with Gasteiger partial charge in [0.1, 0.15) is 17.6 Å². The van der Waals surface area contributed by atoms with Crippen molar-refractivity contribution in [2.75, 3.05) is 31.2 Å². The Hall–Kier alpha value is -2.03. The van der Waals surface area contributed by atoms with E-state index in [4.69, 9.17) is 4.74 Å². The number of carbonyl (C=O) groups is 2. The quantitative estimate of drug-likeness (QED) is 0.659. The first kappa shape index (κ1) is 16.8. The van der Waals surface area contributed by atoms with E-state index < -0.39 is 6.04 Å². The van der Waals surface area contributed by atoms with Crippen LogP contribution in [0.25, 0.3) is 0 Å². The number of ketones is 1. The van der Waals surface area contributed by atoms with Crippen LogP contribution in [0.1, 0.15) is 18.9 Å². The van der Waals surface area contributed by atoms with Gasteiger partial charge in [-0.2, -0.15) is 0 Å². The summed E-state index contributed by atoms with van der Waals surface area (Å²) in [7, 11) is 0. The van der Waals surface area contributed by atoms with Gasteiger partial charge in [-0.3, -0.25) is 9.59 Å². The molecular weight excluding hydrogens is 310 g/mol. The molecule has 2 unspecified atom stereocenters. The molecule has 8 heteroatoms. The summed E-state index contributed by atoms with van der Waals surface area (Å²) in [5, 5.41) is 2.93. The Balaban J connectivity index is 1.58. The van der Waals surface area contributed by atoms with E-state index in [1.807, 2.05) is 12.1 Å². The Kier molecular flexibility index (Phi) is 5.39. The summed E-state index contributed by atoms with van der Waals surface area (Å²) in [5.41, 5.74) is 6.70. The average Bonchev–Trinajstić information content (AvgIpc) is 3.11. The number of morpholine rings is 1. The molecule has 0 radical (unpaired) electrons. The molecule has 2 saturated heterocycles. The number of ether oxygens (including phenoxy) is 1. The summed E-state index contributed by atoms with van der Waals surface area (Å²) in [5.74, 6) is 0.794. The molecule has 2 atom stereocenters. The fourth-order valence-electron chi connectivity index (χ4n) is 2.93. The molecule has 0 bridgehead atoms. The van der Waals surface area contributed by atoms with E-state index in [1.54, 1.807) is 6.20 Å². The van der Waals surface area contributed by atoms with E-state index in [0.717, 1.165) is 24.5 Å². The molecule has 3 rings (SSSR count). The SMILES string of the molecule is CC(=O)C1CC(C(=O)NCc2cccnc2N2CCOCC2)NN1. The fourth-order valence-corrected chi connectivity index (χ4v) is 2.93. The first-order valence-corrected chi connectivity index (χ1v) is 8.21. The van der Waals surface area contributed by atoms with Crippen LogP contribution >= 0.6 is 0 Å². The molecule has 1 aromatic heterocycles. The lowest BCUT2D eigenvalue weighted by Crippen LogP contribution is -2.43. The zero-order valence-corrected chi connectivity index (χ0v) is 13.7. The Morgan fingerprint density at radius 2 is 2.08 bits per heavy atom. The Morgan fingerprint density at radius 1 is 1.33 bits per heavy atom. The summed E-state index contributed by atoms with van der Waals surface area (Å²) in [4.78, 5) is 30.3. The van der Waals surface area contributed by atoms with Crippen molar-refractivity contribution in [3.63, 3.8) is 0 Å². The third kappa shape index (κ3) is 3.89. The molecule has 0 aromatic carbocycles. The second kappa shape index (κ2) is 7.69. The number of hydrazine groups is 1. The maximum atomic E-state index is 12.3. The lowest BCUT2D eigenvalue weighted by Gasteiger charge is -2.29. The number of hydrogen-bond donors (Lipinski definition) is 3. The molecule has 2 aliphatic heterocycles. The molecule has 2 aliphatic rings. The topological polar surface area (TPSA) is 95.6 Å². The summed E-state index contributed by atoms with van der Waals surface area (Å²) < 4.78 is 5.37. The number of rotatable bonds is 5. The molecule has 3 N–H and O–H groups in total. The standard InChI is InChI=1S/C16H23N5O3/c1-11(22)13-9-14(20-19-13)16(23)18-10-12-3-2-4-17-15(12)21-5-7-24-8-6-21/h2-4,13-14,19-20H,5-10H2,1H3,(H,18,23). The van der Waals surface area contributed by atoms with E-state index in [-0.39, 0.29) is 17.7 Å². The average molecular weight is 333 g/mol. The monoisotopic (exact) mass is 333 g/mol. The van der Waals surface area contributed by atoms with Crippen LogP contribution in [0.15, 0.2) is 18.3 Å². The van der Waals surface area contributed by atoms with Crippen LogP contribution in [0, 0.1) is 0 Å². The molecular formula is C16H23N5O3. The number of aromatic nitrogens is 1. The van der Waals surface area contributed by atoms with Crippen LogP contribution in [0.2, 0.25) is 0 Å². The van der Waals surface area contributed by atoms with Crippen LogP contribution < -0.4 is 21.1 Å². The van der Waals surface area contributed by atoms with Crippen LogP contribution in [-0.4, -0.2) is 55.1 Å². The van der Waals surface area contributed by atoms with E-state index in [9.17, 15) is 9.59 Å².